The lowest BCUT2D eigenvalue weighted by molar-refractivity contribution is 0.0525. The van der Waals surface area contributed by atoms with E-state index < -0.39 is 0 Å². The van der Waals surface area contributed by atoms with Gasteiger partial charge in [-0.05, 0) is 43.7 Å². The SMILES string of the molecule is CCOC(=O)c1cc(NC(=O)c2ccccc2)ccc1C. The van der Waals surface area contributed by atoms with Crippen LogP contribution in [0.4, 0.5) is 5.69 Å². The van der Waals surface area contributed by atoms with Crippen LogP contribution in [0.1, 0.15) is 33.2 Å². The predicted molar refractivity (Wildman–Crippen MR) is 81.5 cm³/mol. The van der Waals surface area contributed by atoms with Crippen molar-refractivity contribution in [2.24, 2.45) is 0 Å². The smallest absolute Gasteiger partial charge is 0.338 e. The molecular weight excluding hydrogens is 266 g/mol. The van der Waals surface area contributed by atoms with E-state index in [-0.39, 0.29) is 11.9 Å². The molecule has 4 heteroatoms. The van der Waals surface area contributed by atoms with E-state index in [9.17, 15) is 9.59 Å². The number of benzene rings is 2. The Bertz CT molecular complexity index is 650. The van der Waals surface area contributed by atoms with E-state index in [1.54, 1.807) is 49.4 Å². The molecule has 0 aliphatic carbocycles. The summed E-state index contributed by atoms with van der Waals surface area (Å²) in [5.41, 5.74) is 2.40. The molecule has 1 N–H and O–H groups in total. The van der Waals surface area contributed by atoms with E-state index in [2.05, 4.69) is 5.32 Å². The second kappa shape index (κ2) is 6.70. The number of amides is 1. The average molecular weight is 283 g/mol. The van der Waals surface area contributed by atoms with Crippen molar-refractivity contribution in [3.8, 4) is 0 Å². The average Bonchev–Trinajstić information content (AvgIpc) is 2.50. The van der Waals surface area contributed by atoms with Gasteiger partial charge in [0, 0.05) is 11.3 Å². The minimum Gasteiger partial charge on any atom is -0.462 e. The molecule has 2 aromatic carbocycles. The maximum absolute atomic E-state index is 12.1. The van der Waals surface area contributed by atoms with Gasteiger partial charge in [0.25, 0.3) is 5.91 Å². The van der Waals surface area contributed by atoms with Crippen LogP contribution in [0.3, 0.4) is 0 Å². The number of carbonyl (C=O) groups is 2. The molecule has 2 aromatic rings. The van der Waals surface area contributed by atoms with Gasteiger partial charge in [-0.2, -0.15) is 0 Å². The van der Waals surface area contributed by atoms with E-state index in [4.69, 9.17) is 4.74 Å². The third-order valence-electron chi connectivity index (χ3n) is 3.03. The first-order valence-corrected chi connectivity index (χ1v) is 6.76. The van der Waals surface area contributed by atoms with E-state index in [0.29, 0.717) is 23.4 Å². The second-order valence-electron chi connectivity index (χ2n) is 4.57. The van der Waals surface area contributed by atoms with E-state index in [1.807, 2.05) is 13.0 Å². The molecule has 0 aliphatic rings. The van der Waals surface area contributed by atoms with Gasteiger partial charge in [0.2, 0.25) is 0 Å². The molecule has 0 aromatic heterocycles. The number of carbonyl (C=O) groups excluding carboxylic acids is 2. The molecule has 0 atom stereocenters. The van der Waals surface area contributed by atoms with Crippen LogP contribution in [0.2, 0.25) is 0 Å². The van der Waals surface area contributed by atoms with Crippen LogP contribution in [0.15, 0.2) is 48.5 Å². The normalized spacial score (nSPS) is 10.0. The molecule has 0 saturated carbocycles. The van der Waals surface area contributed by atoms with E-state index in [0.717, 1.165) is 5.56 Å². The topological polar surface area (TPSA) is 55.4 Å². The summed E-state index contributed by atoms with van der Waals surface area (Å²) in [5.74, 6) is -0.597. The Balaban J connectivity index is 2.20. The first-order chi connectivity index (χ1) is 10.1. The Morgan fingerprint density at radius 2 is 1.81 bits per heavy atom. The first kappa shape index (κ1) is 14.8. The third-order valence-corrected chi connectivity index (χ3v) is 3.03. The Labute approximate surface area is 123 Å². The zero-order chi connectivity index (χ0) is 15.2. The van der Waals surface area contributed by atoms with Crippen LogP contribution in [-0.4, -0.2) is 18.5 Å². The Morgan fingerprint density at radius 1 is 1.10 bits per heavy atom. The lowest BCUT2D eigenvalue weighted by Gasteiger charge is -2.09. The second-order valence-corrected chi connectivity index (χ2v) is 4.57. The number of esters is 1. The highest BCUT2D eigenvalue weighted by Gasteiger charge is 2.12. The molecule has 0 radical (unpaired) electrons. The number of aryl methyl sites for hydroxylation is 1. The highest BCUT2D eigenvalue weighted by molar-refractivity contribution is 6.05. The Kier molecular flexibility index (Phi) is 4.72. The largest absolute Gasteiger partial charge is 0.462 e. The standard InChI is InChI=1S/C17H17NO3/c1-3-21-17(20)15-11-14(10-9-12(15)2)18-16(19)13-7-5-4-6-8-13/h4-11H,3H2,1-2H3,(H,18,19). The van der Waals surface area contributed by atoms with Gasteiger partial charge in [-0.3, -0.25) is 4.79 Å². The molecule has 0 fully saturated rings. The number of nitrogens with one attached hydrogen (secondary N) is 1. The zero-order valence-electron chi connectivity index (χ0n) is 12.1. The molecule has 1 amide bonds. The van der Waals surface area contributed by atoms with E-state index in [1.165, 1.54) is 0 Å². The summed E-state index contributed by atoms with van der Waals surface area (Å²) in [5, 5.41) is 2.78. The van der Waals surface area contributed by atoms with Crippen molar-refractivity contribution in [2.75, 3.05) is 11.9 Å². The van der Waals surface area contributed by atoms with Gasteiger partial charge >= 0.3 is 5.97 Å². The minimum atomic E-state index is -0.384. The van der Waals surface area contributed by atoms with Crippen LogP contribution in [0.5, 0.6) is 0 Å². The number of anilines is 1. The number of rotatable bonds is 4. The van der Waals surface area contributed by atoms with Crippen molar-refractivity contribution < 1.29 is 14.3 Å². The lowest BCUT2D eigenvalue weighted by Crippen LogP contribution is -2.13. The van der Waals surface area contributed by atoms with Crippen LogP contribution < -0.4 is 5.32 Å². The monoisotopic (exact) mass is 283 g/mol. The third kappa shape index (κ3) is 3.69. The first-order valence-electron chi connectivity index (χ1n) is 6.76. The summed E-state index contributed by atoms with van der Waals surface area (Å²) in [6, 6.07) is 14.1. The molecule has 2 rings (SSSR count). The fourth-order valence-corrected chi connectivity index (χ4v) is 1.92. The van der Waals surface area contributed by atoms with Gasteiger partial charge in [0.05, 0.1) is 12.2 Å². The Hall–Kier alpha value is -2.62. The molecule has 0 spiro atoms. The molecular formula is C17H17NO3. The van der Waals surface area contributed by atoms with Crippen molar-refractivity contribution >= 4 is 17.6 Å². The minimum absolute atomic E-state index is 0.214. The number of hydrogen-bond acceptors (Lipinski definition) is 3. The van der Waals surface area contributed by atoms with Crippen molar-refractivity contribution in [1.29, 1.82) is 0 Å². The summed E-state index contributed by atoms with van der Waals surface area (Å²) < 4.78 is 5.00. The van der Waals surface area contributed by atoms with Crippen LogP contribution in [0.25, 0.3) is 0 Å². The summed E-state index contributed by atoms with van der Waals surface area (Å²) in [4.78, 5) is 23.9. The maximum Gasteiger partial charge on any atom is 0.338 e. The van der Waals surface area contributed by atoms with Crippen LogP contribution in [-0.2, 0) is 4.74 Å². The highest BCUT2D eigenvalue weighted by Crippen LogP contribution is 2.17. The van der Waals surface area contributed by atoms with Crippen molar-refractivity contribution in [2.45, 2.75) is 13.8 Å². The summed E-state index contributed by atoms with van der Waals surface area (Å²) in [6.07, 6.45) is 0. The van der Waals surface area contributed by atoms with Gasteiger partial charge in [-0.25, -0.2) is 4.79 Å². The Morgan fingerprint density at radius 3 is 2.48 bits per heavy atom. The van der Waals surface area contributed by atoms with Gasteiger partial charge in [0.15, 0.2) is 0 Å². The van der Waals surface area contributed by atoms with Crippen molar-refractivity contribution in [3.05, 3.63) is 65.2 Å². The van der Waals surface area contributed by atoms with Crippen LogP contribution >= 0.6 is 0 Å². The quantitative estimate of drug-likeness (QED) is 0.875. The highest BCUT2D eigenvalue weighted by atomic mass is 16.5. The van der Waals surface area contributed by atoms with Crippen LogP contribution in [0, 0.1) is 6.92 Å². The van der Waals surface area contributed by atoms with E-state index >= 15 is 0 Å². The summed E-state index contributed by atoms with van der Waals surface area (Å²) >= 11 is 0. The molecule has 0 heterocycles. The summed E-state index contributed by atoms with van der Waals surface area (Å²) in [6.45, 7) is 3.90. The maximum atomic E-state index is 12.1. The fraction of sp³-hybridized carbons (Fsp3) is 0.176. The van der Waals surface area contributed by atoms with Gasteiger partial charge < -0.3 is 10.1 Å². The number of hydrogen-bond donors (Lipinski definition) is 1. The fourth-order valence-electron chi connectivity index (χ4n) is 1.92. The number of ether oxygens (including phenoxy) is 1. The molecule has 108 valence electrons. The lowest BCUT2D eigenvalue weighted by atomic mass is 10.1. The van der Waals surface area contributed by atoms with Crippen molar-refractivity contribution in [1.82, 2.24) is 0 Å². The van der Waals surface area contributed by atoms with Gasteiger partial charge in [-0.15, -0.1) is 0 Å². The van der Waals surface area contributed by atoms with Gasteiger partial charge in [0.1, 0.15) is 0 Å². The van der Waals surface area contributed by atoms with Crippen molar-refractivity contribution in [3.63, 3.8) is 0 Å². The summed E-state index contributed by atoms with van der Waals surface area (Å²) in [7, 11) is 0. The molecule has 0 bridgehead atoms. The molecule has 0 aliphatic heterocycles. The predicted octanol–water partition coefficient (Wildman–Crippen LogP) is 3.42. The molecule has 21 heavy (non-hydrogen) atoms. The molecule has 4 nitrogen and oxygen atoms in total. The molecule has 0 unspecified atom stereocenters. The van der Waals surface area contributed by atoms with Gasteiger partial charge in [-0.1, -0.05) is 24.3 Å². The zero-order valence-corrected chi connectivity index (χ0v) is 12.1. The molecule has 0 saturated heterocycles.